The Morgan fingerprint density at radius 1 is 1.43 bits per heavy atom. The Hall–Kier alpha value is -1.34. The van der Waals surface area contributed by atoms with Gasteiger partial charge in [0.15, 0.2) is 0 Å². The fourth-order valence-electron chi connectivity index (χ4n) is 2.65. The second-order valence-corrected chi connectivity index (χ2v) is 5.75. The Morgan fingerprint density at radius 3 is 2.90 bits per heavy atom. The first-order valence-corrected chi connectivity index (χ1v) is 7.75. The maximum atomic E-state index is 5.43. The van der Waals surface area contributed by atoms with E-state index in [2.05, 4.69) is 41.9 Å². The van der Waals surface area contributed by atoms with E-state index in [1.54, 1.807) is 7.11 Å². The first-order chi connectivity index (χ1) is 10.2. The minimum Gasteiger partial charge on any atom is -0.383 e. The monoisotopic (exact) mass is 286 g/mol. The van der Waals surface area contributed by atoms with Crippen LogP contribution in [0.5, 0.6) is 0 Å². The maximum Gasteiger partial charge on any atom is 0.0589 e. The van der Waals surface area contributed by atoms with Gasteiger partial charge >= 0.3 is 0 Å². The van der Waals surface area contributed by atoms with Crippen LogP contribution in [0.1, 0.15) is 30.9 Å². The molecule has 1 aliphatic carbocycles. The summed E-state index contributed by atoms with van der Waals surface area (Å²) >= 11 is 0. The van der Waals surface area contributed by atoms with Gasteiger partial charge in [0.05, 0.1) is 13.2 Å². The number of hydrogen-bond acceptors (Lipinski definition) is 3. The van der Waals surface area contributed by atoms with Crippen LogP contribution >= 0.6 is 0 Å². The van der Waals surface area contributed by atoms with Crippen LogP contribution in [0, 0.1) is 17.8 Å². The minimum atomic E-state index is 0.406. The first-order valence-electron chi connectivity index (χ1n) is 7.75. The van der Waals surface area contributed by atoms with E-state index in [-0.39, 0.29) is 0 Å². The Bertz CT molecular complexity index is 499. The third kappa shape index (κ3) is 5.17. The van der Waals surface area contributed by atoms with Crippen LogP contribution in [-0.2, 0) is 11.3 Å². The highest BCUT2D eigenvalue weighted by atomic mass is 16.5. The van der Waals surface area contributed by atoms with Crippen LogP contribution in [0.25, 0.3) is 0 Å². The smallest absolute Gasteiger partial charge is 0.0589 e. The highest BCUT2D eigenvalue weighted by Gasteiger charge is 2.31. The fourth-order valence-corrected chi connectivity index (χ4v) is 2.65. The minimum absolute atomic E-state index is 0.406. The van der Waals surface area contributed by atoms with Gasteiger partial charge in [0.2, 0.25) is 0 Å². The number of hydrogen-bond donors (Lipinski definition) is 1. The summed E-state index contributed by atoms with van der Waals surface area (Å²) in [5.74, 6) is 6.88. The van der Waals surface area contributed by atoms with Crippen LogP contribution in [-0.4, -0.2) is 37.7 Å². The highest BCUT2D eigenvalue weighted by Crippen LogP contribution is 2.35. The van der Waals surface area contributed by atoms with Gasteiger partial charge in [-0.3, -0.25) is 4.90 Å². The molecule has 0 aromatic heterocycles. The number of methoxy groups -OCH3 is 1. The zero-order chi connectivity index (χ0) is 15.1. The molecule has 0 saturated heterocycles. The van der Waals surface area contributed by atoms with Gasteiger partial charge in [0, 0.05) is 31.8 Å². The van der Waals surface area contributed by atoms with Gasteiger partial charge in [0.1, 0.15) is 0 Å². The molecule has 0 bridgehead atoms. The van der Waals surface area contributed by atoms with Gasteiger partial charge in [-0.1, -0.05) is 24.0 Å². The Labute approximate surface area is 128 Å². The Morgan fingerprint density at radius 2 is 2.24 bits per heavy atom. The van der Waals surface area contributed by atoms with E-state index in [1.807, 2.05) is 6.07 Å². The summed E-state index contributed by atoms with van der Waals surface area (Å²) < 4.78 is 5.26. The molecule has 3 heteroatoms. The van der Waals surface area contributed by atoms with Gasteiger partial charge in [-0.15, -0.1) is 0 Å². The van der Waals surface area contributed by atoms with Gasteiger partial charge in [0.25, 0.3) is 0 Å². The molecule has 1 fully saturated rings. The van der Waals surface area contributed by atoms with E-state index in [0.29, 0.717) is 12.6 Å². The van der Waals surface area contributed by atoms with Crippen molar-refractivity contribution in [1.29, 1.82) is 0 Å². The molecule has 0 aliphatic heterocycles. The average Bonchev–Trinajstić information content (AvgIpc) is 3.34. The van der Waals surface area contributed by atoms with Crippen LogP contribution < -0.4 is 5.73 Å². The summed E-state index contributed by atoms with van der Waals surface area (Å²) in [7, 11) is 1.77. The second kappa shape index (κ2) is 8.19. The fraction of sp³-hybridized carbons (Fsp3) is 0.556. The quantitative estimate of drug-likeness (QED) is 0.781. The molecule has 2 rings (SSSR count). The third-order valence-electron chi connectivity index (χ3n) is 4.11. The number of benzene rings is 1. The van der Waals surface area contributed by atoms with Crippen molar-refractivity contribution in [1.82, 2.24) is 4.90 Å². The average molecular weight is 286 g/mol. The van der Waals surface area contributed by atoms with Crippen LogP contribution in [0.2, 0.25) is 0 Å². The molecular weight excluding hydrogens is 260 g/mol. The summed E-state index contributed by atoms with van der Waals surface area (Å²) in [4.78, 5) is 2.52. The zero-order valence-electron chi connectivity index (χ0n) is 13.1. The largest absolute Gasteiger partial charge is 0.383 e. The van der Waals surface area contributed by atoms with Crippen molar-refractivity contribution < 1.29 is 4.74 Å². The summed E-state index contributed by atoms with van der Waals surface area (Å²) in [5.41, 5.74) is 7.79. The predicted molar refractivity (Wildman–Crippen MR) is 86.8 cm³/mol. The second-order valence-electron chi connectivity index (χ2n) is 5.75. The maximum absolute atomic E-state index is 5.43. The van der Waals surface area contributed by atoms with Crippen molar-refractivity contribution in [2.24, 2.45) is 11.7 Å². The van der Waals surface area contributed by atoms with Crippen molar-refractivity contribution in [2.75, 3.05) is 26.8 Å². The van der Waals surface area contributed by atoms with E-state index in [4.69, 9.17) is 10.5 Å². The SMILES string of the molecule is COCCN(Cc1cccc(C#CCN)c1)C(C)C1CC1. The van der Waals surface area contributed by atoms with Crippen LogP contribution in [0.4, 0.5) is 0 Å². The predicted octanol–water partition coefficient (Wildman–Crippen LogP) is 2.24. The van der Waals surface area contributed by atoms with Gasteiger partial charge in [-0.2, -0.15) is 0 Å². The first kappa shape index (κ1) is 16.0. The number of rotatable bonds is 7. The van der Waals surface area contributed by atoms with Gasteiger partial charge in [-0.05, 0) is 43.4 Å². The lowest BCUT2D eigenvalue weighted by Gasteiger charge is -2.29. The van der Waals surface area contributed by atoms with E-state index < -0.39 is 0 Å². The van der Waals surface area contributed by atoms with Crippen molar-refractivity contribution in [3.63, 3.8) is 0 Å². The van der Waals surface area contributed by atoms with Crippen molar-refractivity contribution >= 4 is 0 Å². The molecule has 21 heavy (non-hydrogen) atoms. The molecule has 0 heterocycles. The molecule has 2 N–H and O–H groups in total. The van der Waals surface area contributed by atoms with E-state index in [1.165, 1.54) is 18.4 Å². The van der Waals surface area contributed by atoms with Crippen molar-refractivity contribution in [3.05, 3.63) is 35.4 Å². The topological polar surface area (TPSA) is 38.5 Å². The Balaban J connectivity index is 2.04. The van der Waals surface area contributed by atoms with Crippen molar-refractivity contribution in [3.8, 4) is 11.8 Å². The summed E-state index contributed by atoms with van der Waals surface area (Å²) in [6.07, 6.45) is 2.74. The van der Waals surface area contributed by atoms with Crippen LogP contribution in [0.15, 0.2) is 24.3 Å². The highest BCUT2D eigenvalue weighted by molar-refractivity contribution is 5.37. The van der Waals surface area contributed by atoms with Crippen molar-refractivity contribution in [2.45, 2.75) is 32.4 Å². The molecule has 0 radical (unpaired) electrons. The number of nitrogens with two attached hydrogens (primary N) is 1. The van der Waals surface area contributed by atoms with E-state index in [0.717, 1.165) is 31.2 Å². The van der Waals surface area contributed by atoms with E-state index in [9.17, 15) is 0 Å². The molecular formula is C18H26N2O. The van der Waals surface area contributed by atoms with Gasteiger partial charge in [-0.25, -0.2) is 0 Å². The molecule has 1 aliphatic rings. The lowest BCUT2D eigenvalue weighted by Crippen LogP contribution is -2.36. The molecule has 1 atom stereocenters. The molecule has 0 spiro atoms. The molecule has 1 saturated carbocycles. The molecule has 3 nitrogen and oxygen atoms in total. The number of nitrogens with zero attached hydrogens (tertiary/aromatic N) is 1. The molecule has 1 aromatic rings. The van der Waals surface area contributed by atoms with E-state index >= 15 is 0 Å². The molecule has 1 unspecified atom stereocenters. The standard InChI is InChI=1S/C18H26N2O/c1-15(18-8-9-18)20(11-12-21-2)14-17-6-3-5-16(13-17)7-4-10-19/h3,5-6,13,15,18H,8-12,14,19H2,1-2H3. The molecule has 0 amide bonds. The van der Waals surface area contributed by atoms with Gasteiger partial charge < -0.3 is 10.5 Å². The molecule has 114 valence electrons. The molecule has 1 aromatic carbocycles. The summed E-state index contributed by atoms with van der Waals surface area (Å²) in [5, 5.41) is 0. The third-order valence-corrected chi connectivity index (χ3v) is 4.11. The number of ether oxygens (including phenoxy) is 1. The summed E-state index contributed by atoms with van der Waals surface area (Å²) in [6.45, 7) is 5.46. The zero-order valence-corrected chi connectivity index (χ0v) is 13.1. The lowest BCUT2D eigenvalue weighted by atomic mass is 10.1. The summed E-state index contributed by atoms with van der Waals surface area (Å²) in [6, 6.07) is 9.08. The normalized spacial score (nSPS) is 15.6. The lowest BCUT2D eigenvalue weighted by molar-refractivity contribution is 0.111. The Kier molecular flexibility index (Phi) is 6.25. The van der Waals surface area contributed by atoms with Crippen LogP contribution in [0.3, 0.4) is 0 Å².